The van der Waals surface area contributed by atoms with Crippen molar-refractivity contribution in [1.29, 1.82) is 0 Å². The molecular weight excluding hydrogens is 152 g/mol. The van der Waals surface area contributed by atoms with Crippen LogP contribution in [0.25, 0.3) is 0 Å². The first-order valence-corrected chi connectivity index (χ1v) is 4.84. The van der Waals surface area contributed by atoms with Gasteiger partial charge in [-0.1, -0.05) is 53.4 Å². The number of carboxylic acid groups (broad SMARTS) is 1. The standard InChI is InChI=1S/C6H14.C2H4O2.C2H6/c1-3-5-6-4-2;1-2(3)4;1-2/h3-6H2,1-2H3;1H3,(H,3,4);1-2H3. The average Bonchev–Trinajstić information content (AvgIpc) is 2.04. The minimum absolute atomic E-state index is 0.833. The Kier molecular flexibility index (Phi) is 32.8. The normalized spacial score (nSPS) is 7.08. The van der Waals surface area contributed by atoms with Crippen LogP contribution in [0.5, 0.6) is 0 Å². The van der Waals surface area contributed by atoms with Gasteiger partial charge >= 0.3 is 0 Å². The molecule has 0 saturated carbocycles. The third-order valence-corrected chi connectivity index (χ3v) is 0.957. The lowest BCUT2D eigenvalue weighted by molar-refractivity contribution is -0.134. The molecule has 2 nitrogen and oxygen atoms in total. The van der Waals surface area contributed by atoms with Crippen LogP contribution in [0, 0.1) is 0 Å². The molecule has 0 aromatic carbocycles. The molecule has 1 N–H and O–H groups in total. The van der Waals surface area contributed by atoms with Crippen molar-refractivity contribution >= 4 is 5.97 Å². The highest BCUT2D eigenvalue weighted by Gasteiger charge is 1.75. The number of aliphatic carboxylic acids is 1. The molecule has 0 aromatic heterocycles. The zero-order valence-corrected chi connectivity index (χ0v) is 9.18. The Morgan fingerprint density at radius 2 is 1.25 bits per heavy atom. The average molecular weight is 176 g/mol. The molecule has 0 radical (unpaired) electrons. The lowest BCUT2D eigenvalue weighted by Crippen LogP contribution is -1.78. The first-order chi connectivity index (χ1) is 5.65. The molecule has 76 valence electrons. The number of carboxylic acids is 1. The Labute approximate surface area is 77.0 Å². The fraction of sp³-hybridized carbons (Fsp3) is 0.900. The van der Waals surface area contributed by atoms with Crippen LogP contribution in [0.3, 0.4) is 0 Å². The predicted octanol–water partition coefficient (Wildman–Crippen LogP) is 3.70. The van der Waals surface area contributed by atoms with Gasteiger partial charge in [0.15, 0.2) is 0 Å². The van der Waals surface area contributed by atoms with E-state index in [1.807, 2.05) is 13.8 Å². The number of carbonyl (C=O) groups is 1. The Hall–Kier alpha value is -0.530. The highest BCUT2D eigenvalue weighted by Crippen LogP contribution is 1.95. The van der Waals surface area contributed by atoms with E-state index in [1.54, 1.807) is 0 Å². The lowest BCUT2D eigenvalue weighted by Gasteiger charge is -1.86. The van der Waals surface area contributed by atoms with E-state index in [0.717, 1.165) is 6.92 Å². The molecule has 0 unspecified atom stereocenters. The summed E-state index contributed by atoms with van der Waals surface area (Å²) in [5, 5.41) is 7.42. The number of hydrogen-bond donors (Lipinski definition) is 1. The Bertz CT molecular complexity index is 62.2. The Balaban J connectivity index is -0.000000118. The molecule has 0 aliphatic heterocycles. The van der Waals surface area contributed by atoms with Gasteiger partial charge in [-0.3, -0.25) is 4.79 Å². The monoisotopic (exact) mass is 176 g/mol. The van der Waals surface area contributed by atoms with Crippen molar-refractivity contribution in [2.24, 2.45) is 0 Å². The van der Waals surface area contributed by atoms with Gasteiger partial charge in [0.25, 0.3) is 5.97 Å². The van der Waals surface area contributed by atoms with Gasteiger partial charge in [0.1, 0.15) is 0 Å². The second-order valence-corrected chi connectivity index (χ2v) is 2.23. The maximum atomic E-state index is 9.00. The van der Waals surface area contributed by atoms with Crippen molar-refractivity contribution in [2.45, 2.75) is 60.3 Å². The first kappa shape index (κ1) is 17.5. The third-order valence-electron chi connectivity index (χ3n) is 0.957. The van der Waals surface area contributed by atoms with E-state index in [1.165, 1.54) is 25.7 Å². The summed E-state index contributed by atoms with van der Waals surface area (Å²) in [5.41, 5.74) is 0. The molecule has 2 heteroatoms. The zero-order valence-electron chi connectivity index (χ0n) is 9.18. The summed E-state index contributed by atoms with van der Waals surface area (Å²) in [4.78, 5) is 9.00. The highest BCUT2D eigenvalue weighted by molar-refractivity contribution is 5.62. The molecule has 0 atom stereocenters. The van der Waals surface area contributed by atoms with Crippen molar-refractivity contribution < 1.29 is 9.90 Å². The van der Waals surface area contributed by atoms with Crippen LogP contribution < -0.4 is 0 Å². The molecule has 0 aromatic rings. The Morgan fingerprint density at radius 3 is 1.33 bits per heavy atom. The fourth-order valence-electron chi connectivity index (χ4n) is 0.500. The minimum Gasteiger partial charge on any atom is -0.481 e. The van der Waals surface area contributed by atoms with Crippen molar-refractivity contribution in [3.8, 4) is 0 Å². The quantitative estimate of drug-likeness (QED) is 0.666. The second kappa shape index (κ2) is 22.4. The molecule has 0 bridgehead atoms. The summed E-state index contributed by atoms with van der Waals surface area (Å²) in [5.74, 6) is -0.833. The highest BCUT2D eigenvalue weighted by atomic mass is 16.4. The largest absolute Gasteiger partial charge is 0.481 e. The minimum atomic E-state index is -0.833. The summed E-state index contributed by atoms with van der Waals surface area (Å²) in [7, 11) is 0. The van der Waals surface area contributed by atoms with Crippen LogP contribution in [0.4, 0.5) is 0 Å². The van der Waals surface area contributed by atoms with E-state index in [4.69, 9.17) is 9.90 Å². The first-order valence-electron chi connectivity index (χ1n) is 4.84. The van der Waals surface area contributed by atoms with Gasteiger partial charge < -0.3 is 5.11 Å². The molecule has 0 saturated heterocycles. The molecule has 0 heterocycles. The van der Waals surface area contributed by atoms with Crippen LogP contribution in [0.2, 0.25) is 0 Å². The molecule has 0 fully saturated rings. The summed E-state index contributed by atoms with van der Waals surface area (Å²) >= 11 is 0. The van der Waals surface area contributed by atoms with E-state index in [0.29, 0.717) is 0 Å². The lowest BCUT2D eigenvalue weighted by atomic mass is 10.2. The van der Waals surface area contributed by atoms with E-state index in [-0.39, 0.29) is 0 Å². The van der Waals surface area contributed by atoms with E-state index >= 15 is 0 Å². The van der Waals surface area contributed by atoms with Gasteiger partial charge in [-0.25, -0.2) is 0 Å². The van der Waals surface area contributed by atoms with E-state index in [9.17, 15) is 0 Å². The smallest absolute Gasteiger partial charge is 0.300 e. The number of unbranched alkanes of at least 4 members (excludes halogenated alkanes) is 3. The molecule has 0 amide bonds. The van der Waals surface area contributed by atoms with Crippen molar-refractivity contribution in [2.75, 3.05) is 0 Å². The second-order valence-electron chi connectivity index (χ2n) is 2.23. The summed E-state index contributed by atoms with van der Waals surface area (Å²) in [6, 6.07) is 0. The molecule has 0 spiro atoms. The summed E-state index contributed by atoms with van der Waals surface area (Å²) in [6.45, 7) is 9.55. The molecular formula is C10H24O2. The van der Waals surface area contributed by atoms with Crippen molar-refractivity contribution in [3.05, 3.63) is 0 Å². The summed E-state index contributed by atoms with van der Waals surface area (Å²) < 4.78 is 0. The molecule has 0 rings (SSSR count). The zero-order chi connectivity index (χ0) is 10.4. The van der Waals surface area contributed by atoms with E-state index in [2.05, 4.69) is 13.8 Å². The molecule has 12 heavy (non-hydrogen) atoms. The van der Waals surface area contributed by atoms with Gasteiger partial charge in [-0.05, 0) is 0 Å². The number of rotatable bonds is 3. The van der Waals surface area contributed by atoms with Crippen molar-refractivity contribution in [1.82, 2.24) is 0 Å². The van der Waals surface area contributed by atoms with Gasteiger partial charge in [-0.2, -0.15) is 0 Å². The van der Waals surface area contributed by atoms with Gasteiger partial charge in [0, 0.05) is 6.92 Å². The predicted molar refractivity (Wildman–Crippen MR) is 54.5 cm³/mol. The fourth-order valence-corrected chi connectivity index (χ4v) is 0.500. The van der Waals surface area contributed by atoms with E-state index < -0.39 is 5.97 Å². The van der Waals surface area contributed by atoms with Gasteiger partial charge in [0.05, 0.1) is 0 Å². The van der Waals surface area contributed by atoms with Gasteiger partial charge in [-0.15, -0.1) is 0 Å². The van der Waals surface area contributed by atoms with Crippen LogP contribution >= 0.6 is 0 Å². The SMILES string of the molecule is CC.CC(=O)O.CCCCCC. The van der Waals surface area contributed by atoms with Crippen molar-refractivity contribution in [3.63, 3.8) is 0 Å². The summed E-state index contributed by atoms with van der Waals surface area (Å²) in [6.07, 6.45) is 5.54. The van der Waals surface area contributed by atoms with Crippen LogP contribution in [0.1, 0.15) is 60.3 Å². The number of hydrogen-bond acceptors (Lipinski definition) is 1. The van der Waals surface area contributed by atoms with Crippen LogP contribution in [0.15, 0.2) is 0 Å². The maximum absolute atomic E-state index is 9.00. The maximum Gasteiger partial charge on any atom is 0.300 e. The molecule has 0 aliphatic rings. The molecule has 0 aliphatic carbocycles. The van der Waals surface area contributed by atoms with Crippen LogP contribution in [-0.4, -0.2) is 11.1 Å². The Morgan fingerprint density at radius 1 is 1.08 bits per heavy atom. The van der Waals surface area contributed by atoms with Crippen LogP contribution in [-0.2, 0) is 4.79 Å². The topological polar surface area (TPSA) is 37.3 Å². The van der Waals surface area contributed by atoms with Gasteiger partial charge in [0.2, 0.25) is 0 Å². The third kappa shape index (κ3) is 111.